The topological polar surface area (TPSA) is 60.8 Å². The Labute approximate surface area is 96.3 Å². The van der Waals surface area contributed by atoms with Crippen molar-refractivity contribution in [3.8, 4) is 0 Å². The molecule has 1 saturated carbocycles. The third-order valence-electron chi connectivity index (χ3n) is 4.12. The van der Waals surface area contributed by atoms with E-state index in [0.29, 0.717) is 19.5 Å². The molecule has 16 heavy (non-hydrogen) atoms. The summed E-state index contributed by atoms with van der Waals surface area (Å²) in [7, 11) is 0. The highest BCUT2D eigenvalue weighted by molar-refractivity contribution is 5.74. The third-order valence-corrected chi connectivity index (χ3v) is 4.12. The first-order valence-corrected chi connectivity index (χ1v) is 6.12. The van der Waals surface area contributed by atoms with Gasteiger partial charge in [0.1, 0.15) is 0 Å². The second kappa shape index (κ2) is 4.00. The lowest BCUT2D eigenvalue weighted by Gasteiger charge is -2.29. The molecule has 1 aliphatic heterocycles. The minimum Gasteiger partial charge on any atom is -0.481 e. The molecule has 1 aliphatic carbocycles. The molecule has 0 bridgehead atoms. The lowest BCUT2D eigenvalue weighted by atomic mass is 9.90. The van der Waals surface area contributed by atoms with Crippen LogP contribution in [0.1, 0.15) is 39.0 Å². The summed E-state index contributed by atoms with van der Waals surface area (Å²) in [5.74, 6) is -0.714. The van der Waals surface area contributed by atoms with E-state index in [-0.39, 0.29) is 0 Å². The molecule has 0 aromatic heterocycles. The molecule has 4 heteroatoms. The van der Waals surface area contributed by atoms with Gasteiger partial charge in [0, 0.05) is 13.1 Å². The smallest absolute Gasteiger partial charge is 0.310 e. The second-order valence-corrected chi connectivity index (χ2v) is 5.76. The number of likely N-dealkylation sites (tertiary alicyclic amines) is 1. The van der Waals surface area contributed by atoms with Gasteiger partial charge in [-0.15, -0.1) is 0 Å². The van der Waals surface area contributed by atoms with Crippen LogP contribution in [0.3, 0.4) is 0 Å². The molecule has 1 atom stereocenters. The van der Waals surface area contributed by atoms with E-state index in [9.17, 15) is 9.90 Å². The Morgan fingerprint density at radius 2 is 1.94 bits per heavy atom. The summed E-state index contributed by atoms with van der Waals surface area (Å²) in [5, 5.41) is 19.4. The molecule has 2 fully saturated rings. The Morgan fingerprint density at radius 1 is 1.31 bits per heavy atom. The molecule has 2 aliphatic rings. The molecule has 4 nitrogen and oxygen atoms in total. The predicted molar refractivity (Wildman–Crippen MR) is 60.2 cm³/mol. The zero-order valence-electron chi connectivity index (χ0n) is 9.91. The van der Waals surface area contributed by atoms with Gasteiger partial charge in [-0.05, 0) is 32.7 Å². The van der Waals surface area contributed by atoms with Gasteiger partial charge in [-0.25, -0.2) is 0 Å². The number of aliphatic carboxylic acids is 1. The van der Waals surface area contributed by atoms with Crippen LogP contribution in [0.2, 0.25) is 0 Å². The van der Waals surface area contributed by atoms with Crippen LogP contribution in [0.4, 0.5) is 0 Å². The van der Waals surface area contributed by atoms with Gasteiger partial charge in [0.15, 0.2) is 0 Å². The SMILES string of the molecule is CC1(C(=O)O)CCN(CC2(O)CCCC2)C1. The van der Waals surface area contributed by atoms with E-state index in [0.717, 1.165) is 32.2 Å². The summed E-state index contributed by atoms with van der Waals surface area (Å²) >= 11 is 0. The van der Waals surface area contributed by atoms with Gasteiger partial charge in [0.05, 0.1) is 11.0 Å². The monoisotopic (exact) mass is 227 g/mol. The zero-order valence-corrected chi connectivity index (χ0v) is 9.91. The first-order chi connectivity index (χ1) is 7.44. The molecule has 0 amide bonds. The number of hydrogen-bond acceptors (Lipinski definition) is 3. The zero-order chi connectivity index (χ0) is 11.8. The number of β-amino-alcohol motifs (C(OH)–C–C–N with tert-alkyl or cyclic N) is 1. The van der Waals surface area contributed by atoms with E-state index in [1.165, 1.54) is 0 Å². The first kappa shape index (κ1) is 11.9. The van der Waals surface area contributed by atoms with E-state index in [4.69, 9.17) is 5.11 Å². The fourth-order valence-electron chi connectivity index (χ4n) is 2.97. The number of aliphatic hydroxyl groups is 1. The van der Waals surface area contributed by atoms with Gasteiger partial charge >= 0.3 is 5.97 Å². The van der Waals surface area contributed by atoms with E-state index < -0.39 is 17.0 Å². The Balaban J connectivity index is 1.92. The van der Waals surface area contributed by atoms with Crippen LogP contribution in [-0.4, -0.2) is 46.3 Å². The third kappa shape index (κ3) is 2.23. The lowest BCUT2D eigenvalue weighted by Crippen LogP contribution is -2.41. The highest BCUT2D eigenvalue weighted by Crippen LogP contribution is 2.35. The Morgan fingerprint density at radius 3 is 2.44 bits per heavy atom. The summed E-state index contributed by atoms with van der Waals surface area (Å²) in [6.07, 6.45) is 4.63. The molecular weight excluding hydrogens is 206 g/mol. The van der Waals surface area contributed by atoms with Crippen molar-refractivity contribution in [2.75, 3.05) is 19.6 Å². The summed E-state index contributed by atoms with van der Waals surface area (Å²) in [6.45, 7) is 3.82. The van der Waals surface area contributed by atoms with Crippen molar-refractivity contribution in [2.45, 2.75) is 44.6 Å². The lowest BCUT2D eigenvalue weighted by molar-refractivity contribution is -0.147. The molecule has 1 saturated heterocycles. The quantitative estimate of drug-likeness (QED) is 0.757. The predicted octanol–water partition coefficient (Wildman–Crippen LogP) is 1.09. The number of carboxylic acids is 1. The van der Waals surface area contributed by atoms with Crippen LogP contribution in [0.15, 0.2) is 0 Å². The molecular formula is C12H21NO3. The van der Waals surface area contributed by atoms with Gasteiger partial charge in [-0.3, -0.25) is 9.69 Å². The molecule has 0 aromatic carbocycles. The fourth-order valence-corrected chi connectivity index (χ4v) is 2.97. The van der Waals surface area contributed by atoms with Crippen molar-refractivity contribution in [1.29, 1.82) is 0 Å². The molecule has 92 valence electrons. The standard InChI is InChI=1S/C12H21NO3/c1-11(10(14)15)6-7-13(8-11)9-12(16)4-2-3-5-12/h16H,2-9H2,1H3,(H,14,15). The van der Waals surface area contributed by atoms with Crippen LogP contribution >= 0.6 is 0 Å². The van der Waals surface area contributed by atoms with Crippen LogP contribution < -0.4 is 0 Å². The molecule has 2 rings (SSSR count). The summed E-state index contributed by atoms with van der Waals surface area (Å²) in [5.41, 5.74) is -1.17. The van der Waals surface area contributed by atoms with Crippen molar-refractivity contribution in [1.82, 2.24) is 4.90 Å². The maximum Gasteiger partial charge on any atom is 0.310 e. The van der Waals surface area contributed by atoms with Crippen LogP contribution in [0.25, 0.3) is 0 Å². The average molecular weight is 227 g/mol. The molecule has 0 spiro atoms. The first-order valence-electron chi connectivity index (χ1n) is 6.12. The molecule has 1 heterocycles. The van der Waals surface area contributed by atoms with Crippen LogP contribution in [0, 0.1) is 5.41 Å². The number of hydrogen-bond donors (Lipinski definition) is 2. The Hall–Kier alpha value is -0.610. The van der Waals surface area contributed by atoms with Crippen molar-refractivity contribution in [2.24, 2.45) is 5.41 Å². The number of nitrogens with zero attached hydrogens (tertiary/aromatic N) is 1. The minimum atomic E-state index is -0.714. The van der Waals surface area contributed by atoms with Gasteiger partial charge < -0.3 is 10.2 Å². The van der Waals surface area contributed by atoms with Crippen molar-refractivity contribution in [3.63, 3.8) is 0 Å². The summed E-state index contributed by atoms with van der Waals surface area (Å²) in [6, 6.07) is 0. The normalized spacial score (nSPS) is 34.4. The van der Waals surface area contributed by atoms with Gasteiger partial charge in [0.2, 0.25) is 0 Å². The molecule has 1 unspecified atom stereocenters. The summed E-state index contributed by atoms with van der Waals surface area (Å²) < 4.78 is 0. The largest absolute Gasteiger partial charge is 0.481 e. The second-order valence-electron chi connectivity index (χ2n) is 5.76. The van der Waals surface area contributed by atoms with E-state index in [1.807, 2.05) is 0 Å². The maximum atomic E-state index is 11.1. The minimum absolute atomic E-state index is 0.552. The Bertz CT molecular complexity index is 286. The highest BCUT2D eigenvalue weighted by Gasteiger charge is 2.43. The van der Waals surface area contributed by atoms with Crippen LogP contribution in [-0.2, 0) is 4.79 Å². The van der Waals surface area contributed by atoms with E-state index in [2.05, 4.69) is 4.90 Å². The summed E-state index contributed by atoms with van der Waals surface area (Å²) in [4.78, 5) is 13.2. The molecule has 0 aromatic rings. The van der Waals surface area contributed by atoms with Crippen molar-refractivity contribution in [3.05, 3.63) is 0 Å². The number of carbonyl (C=O) groups is 1. The fraction of sp³-hybridized carbons (Fsp3) is 0.917. The van der Waals surface area contributed by atoms with Gasteiger partial charge in [0.25, 0.3) is 0 Å². The van der Waals surface area contributed by atoms with Crippen molar-refractivity contribution >= 4 is 5.97 Å². The molecule has 0 radical (unpaired) electrons. The highest BCUT2D eigenvalue weighted by atomic mass is 16.4. The molecule has 2 N–H and O–H groups in total. The number of rotatable bonds is 3. The van der Waals surface area contributed by atoms with Gasteiger partial charge in [-0.2, -0.15) is 0 Å². The van der Waals surface area contributed by atoms with Crippen molar-refractivity contribution < 1.29 is 15.0 Å². The van der Waals surface area contributed by atoms with E-state index >= 15 is 0 Å². The maximum absolute atomic E-state index is 11.1. The van der Waals surface area contributed by atoms with Gasteiger partial charge in [-0.1, -0.05) is 12.8 Å². The number of carboxylic acid groups (broad SMARTS) is 1. The Kier molecular flexibility index (Phi) is 2.97. The van der Waals surface area contributed by atoms with E-state index in [1.54, 1.807) is 6.92 Å². The average Bonchev–Trinajstić information content (AvgIpc) is 2.75. The van der Waals surface area contributed by atoms with Crippen LogP contribution in [0.5, 0.6) is 0 Å².